The van der Waals surface area contributed by atoms with Crippen molar-refractivity contribution in [1.29, 1.82) is 0 Å². The highest BCUT2D eigenvalue weighted by Crippen LogP contribution is 2.33. The molecule has 1 rings (SSSR count). The largest absolute Gasteiger partial charge is 0.468 e. The van der Waals surface area contributed by atoms with E-state index >= 15 is 0 Å². The minimum Gasteiger partial charge on any atom is -0.468 e. The number of carbonyl (C=O) groups excluding carboxylic acids is 1. The maximum atomic E-state index is 11.9. The van der Waals surface area contributed by atoms with Gasteiger partial charge in [-0.05, 0) is 45.8 Å². The van der Waals surface area contributed by atoms with Crippen LogP contribution >= 0.6 is 0 Å². The molecule has 17 heavy (non-hydrogen) atoms. The van der Waals surface area contributed by atoms with Gasteiger partial charge in [-0.25, -0.2) is 0 Å². The summed E-state index contributed by atoms with van der Waals surface area (Å²) in [6.07, 6.45) is 3.97. The summed E-state index contributed by atoms with van der Waals surface area (Å²) in [5, 5.41) is 3.33. The number of nitrogens with zero attached hydrogens (tertiary/aromatic N) is 1. The fourth-order valence-corrected chi connectivity index (χ4v) is 2.88. The molecule has 0 aliphatic heterocycles. The standard InChI is InChI=1S/C13H26N2O2/c1-5-9-15(3)11-7-8-13(10-11,14-6-2)12(16)17-4/h11,14H,5-10H2,1-4H3. The Morgan fingerprint density at radius 3 is 2.76 bits per heavy atom. The minimum atomic E-state index is -0.448. The van der Waals surface area contributed by atoms with Gasteiger partial charge in [-0.1, -0.05) is 13.8 Å². The van der Waals surface area contributed by atoms with Gasteiger partial charge in [0, 0.05) is 6.04 Å². The van der Waals surface area contributed by atoms with E-state index in [-0.39, 0.29) is 5.97 Å². The number of esters is 1. The maximum Gasteiger partial charge on any atom is 0.326 e. The Balaban J connectivity index is 2.67. The summed E-state index contributed by atoms with van der Waals surface area (Å²) in [6.45, 7) is 6.12. The number of carbonyl (C=O) groups is 1. The van der Waals surface area contributed by atoms with Gasteiger partial charge < -0.3 is 15.0 Å². The molecule has 1 saturated carbocycles. The third-order valence-electron chi connectivity index (χ3n) is 3.78. The van der Waals surface area contributed by atoms with Gasteiger partial charge in [0.1, 0.15) is 5.54 Å². The third-order valence-corrected chi connectivity index (χ3v) is 3.78. The van der Waals surface area contributed by atoms with Crippen LogP contribution in [0.3, 0.4) is 0 Å². The molecule has 0 heterocycles. The van der Waals surface area contributed by atoms with Gasteiger partial charge in [-0.2, -0.15) is 0 Å². The van der Waals surface area contributed by atoms with Gasteiger partial charge in [0.2, 0.25) is 0 Å². The number of likely N-dealkylation sites (N-methyl/N-ethyl adjacent to an activating group) is 1. The van der Waals surface area contributed by atoms with Crippen molar-refractivity contribution in [2.45, 2.75) is 51.1 Å². The van der Waals surface area contributed by atoms with Crippen LogP contribution in [0.2, 0.25) is 0 Å². The highest BCUT2D eigenvalue weighted by molar-refractivity contribution is 5.81. The van der Waals surface area contributed by atoms with Gasteiger partial charge in [0.05, 0.1) is 7.11 Å². The second-order valence-electron chi connectivity index (χ2n) is 4.98. The molecule has 0 saturated heterocycles. The molecule has 0 aromatic carbocycles. The van der Waals surface area contributed by atoms with Crippen LogP contribution < -0.4 is 5.32 Å². The molecular formula is C13H26N2O2. The summed E-state index contributed by atoms with van der Waals surface area (Å²) in [7, 11) is 3.62. The lowest BCUT2D eigenvalue weighted by atomic mass is 9.97. The SMILES string of the molecule is CCCN(C)C1CCC(NCC)(C(=O)OC)C1. The normalized spacial score (nSPS) is 28.6. The zero-order valence-corrected chi connectivity index (χ0v) is 11.6. The van der Waals surface area contributed by atoms with Crippen LogP contribution in [-0.2, 0) is 9.53 Å². The van der Waals surface area contributed by atoms with Crippen molar-refractivity contribution in [3.8, 4) is 0 Å². The molecule has 100 valence electrons. The third kappa shape index (κ3) is 3.19. The van der Waals surface area contributed by atoms with E-state index in [2.05, 4.69) is 24.2 Å². The van der Waals surface area contributed by atoms with E-state index in [1.165, 1.54) is 7.11 Å². The minimum absolute atomic E-state index is 0.105. The second kappa shape index (κ2) is 6.36. The molecule has 0 radical (unpaired) electrons. The van der Waals surface area contributed by atoms with Crippen LogP contribution in [0.15, 0.2) is 0 Å². The van der Waals surface area contributed by atoms with Gasteiger partial charge in [0.15, 0.2) is 0 Å². The molecule has 4 nitrogen and oxygen atoms in total. The van der Waals surface area contributed by atoms with E-state index in [4.69, 9.17) is 4.74 Å². The zero-order chi connectivity index (χ0) is 12.9. The number of ether oxygens (including phenoxy) is 1. The molecule has 1 aliphatic rings. The smallest absolute Gasteiger partial charge is 0.326 e. The van der Waals surface area contributed by atoms with Crippen molar-refractivity contribution in [2.24, 2.45) is 0 Å². The Morgan fingerprint density at radius 2 is 2.24 bits per heavy atom. The average molecular weight is 242 g/mol. The zero-order valence-electron chi connectivity index (χ0n) is 11.6. The van der Waals surface area contributed by atoms with Crippen LogP contribution in [0.4, 0.5) is 0 Å². The Hall–Kier alpha value is -0.610. The Bertz CT molecular complexity index is 258. The fraction of sp³-hybridized carbons (Fsp3) is 0.923. The van der Waals surface area contributed by atoms with E-state index in [1.807, 2.05) is 6.92 Å². The lowest BCUT2D eigenvalue weighted by molar-refractivity contribution is -0.148. The molecule has 4 heteroatoms. The molecular weight excluding hydrogens is 216 g/mol. The van der Waals surface area contributed by atoms with Crippen molar-refractivity contribution in [2.75, 3.05) is 27.2 Å². The van der Waals surface area contributed by atoms with Gasteiger partial charge >= 0.3 is 5.97 Å². The lowest BCUT2D eigenvalue weighted by Gasteiger charge is -2.29. The van der Waals surface area contributed by atoms with E-state index in [0.29, 0.717) is 6.04 Å². The maximum absolute atomic E-state index is 11.9. The highest BCUT2D eigenvalue weighted by Gasteiger charge is 2.46. The lowest BCUT2D eigenvalue weighted by Crippen LogP contribution is -2.51. The van der Waals surface area contributed by atoms with Gasteiger partial charge in [0.25, 0.3) is 0 Å². The van der Waals surface area contributed by atoms with Crippen molar-refractivity contribution < 1.29 is 9.53 Å². The summed E-state index contributed by atoms with van der Waals surface area (Å²) >= 11 is 0. The second-order valence-corrected chi connectivity index (χ2v) is 4.98. The van der Waals surface area contributed by atoms with E-state index in [0.717, 1.165) is 38.8 Å². The van der Waals surface area contributed by atoms with Gasteiger partial charge in [-0.3, -0.25) is 4.79 Å². The van der Waals surface area contributed by atoms with E-state index < -0.39 is 5.54 Å². The molecule has 0 bridgehead atoms. The molecule has 1 fully saturated rings. The molecule has 1 aliphatic carbocycles. The predicted octanol–water partition coefficient (Wildman–Crippen LogP) is 1.40. The first-order valence-electron chi connectivity index (χ1n) is 6.63. The van der Waals surface area contributed by atoms with Crippen molar-refractivity contribution in [3.63, 3.8) is 0 Å². The number of hydrogen-bond donors (Lipinski definition) is 1. The highest BCUT2D eigenvalue weighted by atomic mass is 16.5. The van der Waals surface area contributed by atoms with Crippen molar-refractivity contribution >= 4 is 5.97 Å². The van der Waals surface area contributed by atoms with Crippen molar-refractivity contribution in [3.05, 3.63) is 0 Å². The molecule has 0 amide bonds. The Morgan fingerprint density at radius 1 is 1.53 bits per heavy atom. The molecule has 0 aromatic heterocycles. The molecule has 0 aromatic rings. The Kier molecular flexibility index (Phi) is 5.40. The first-order chi connectivity index (χ1) is 8.09. The number of hydrogen-bond acceptors (Lipinski definition) is 4. The van der Waals surface area contributed by atoms with E-state index in [1.54, 1.807) is 0 Å². The van der Waals surface area contributed by atoms with Crippen LogP contribution in [0, 0.1) is 0 Å². The quantitative estimate of drug-likeness (QED) is 0.715. The molecule has 1 N–H and O–H groups in total. The van der Waals surface area contributed by atoms with Crippen LogP contribution in [0.1, 0.15) is 39.5 Å². The van der Waals surface area contributed by atoms with Crippen LogP contribution in [0.5, 0.6) is 0 Å². The van der Waals surface area contributed by atoms with Crippen molar-refractivity contribution in [1.82, 2.24) is 10.2 Å². The molecule has 2 unspecified atom stereocenters. The molecule has 2 atom stereocenters. The molecule has 0 spiro atoms. The summed E-state index contributed by atoms with van der Waals surface area (Å²) < 4.78 is 4.96. The summed E-state index contributed by atoms with van der Waals surface area (Å²) in [5.41, 5.74) is -0.448. The fourth-order valence-electron chi connectivity index (χ4n) is 2.88. The monoisotopic (exact) mass is 242 g/mol. The average Bonchev–Trinajstić information content (AvgIpc) is 2.74. The summed E-state index contributed by atoms with van der Waals surface area (Å²) in [6, 6.07) is 0.494. The first-order valence-corrected chi connectivity index (χ1v) is 6.63. The first kappa shape index (κ1) is 14.5. The number of methoxy groups -OCH3 is 1. The van der Waals surface area contributed by atoms with Crippen LogP contribution in [-0.4, -0.2) is 49.7 Å². The predicted molar refractivity (Wildman–Crippen MR) is 69.0 cm³/mol. The number of nitrogens with one attached hydrogen (secondary N) is 1. The Labute approximate surface area is 105 Å². The van der Waals surface area contributed by atoms with Gasteiger partial charge in [-0.15, -0.1) is 0 Å². The van der Waals surface area contributed by atoms with Crippen LogP contribution in [0.25, 0.3) is 0 Å². The summed E-state index contributed by atoms with van der Waals surface area (Å²) in [5.74, 6) is -0.105. The van der Waals surface area contributed by atoms with E-state index in [9.17, 15) is 4.79 Å². The topological polar surface area (TPSA) is 41.6 Å². The number of rotatable bonds is 6. The summed E-state index contributed by atoms with van der Waals surface area (Å²) in [4.78, 5) is 14.3.